The summed E-state index contributed by atoms with van der Waals surface area (Å²) in [5, 5.41) is 0. The molecule has 2 aromatic carbocycles. The molecule has 0 unspecified atom stereocenters. The van der Waals surface area contributed by atoms with Crippen molar-refractivity contribution in [1.82, 2.24) is 0 Å². The van der Waals surface area contributed by atoms with Gasteiger partial charge in [-0.15, -0.1) is 0 Å². The van der Waals surface area contributed by atoms with Gasteiger partial charge in [0.25, 0.3) is 0 Å². The molecule has 0 aliphatic heterocycles. The van der Waals surface area contributed by atoms with Gasteiger partial charge in [0.1, 0.15) is 0 Å². The van der Waals surface area contributed by atoms with E-state index in [-0.39, 0.29) is 5.78 Å². The predicted octanol–water partition coefficient (Wildman–Crippen LogP) is 3.94. The SMILES string of the molecule is O=C(C#Cc1ccc(C(F)(F)F)cc1)c1ccccc1. The lowest BCUT2D eigenvalue weighted by Crippen LogP contribution is -2.04. The summed E-state index contributed by atoms with van der Waals surface area (Å²) in [6.45, 7) is 0. The second-order valence-corrected chi connectivity index (χ2v) is 4.02. The van der Waals surface area contributed by atoms with Gasteiger partial charge >= 0.3 is 6.18 Å². The summed E-state index contributed by atoms with van der Waals surface area (Å²) in [6.07, 6.45) is -4.37. The molecule has 0 spiro atoms. The number of hydrogen-bond acceptors (Lipinski definition) is 1. The minimum atomic E-state index is -4.37. The van der Waals surface area contributed by atoms with Crippen molar-refractivity contribution < 1.29 is 18.0 Å². The highest BCUT2D eigenvalue weighted by atomic mass is 19.4. The van der Waals surface area contributed by atoms with Gasteiger partial charge in [-0.1, -0.05) is 36.3 Å². The molecule has 0 aromatic heterocycles. The molecular formula is C16H9F3O. The first kappa shape index (κ1) is 13.9. The fraction of sp³-hybridized carbons (Fsp3) is 0.0625. The van der Waals surface area contributed by atoms with Gasteiger partial charge in [0.15, 0.2) is 0 Å². The molecule has 4 heteroatoms. The number of carbonyl (C=O) groups excluding carboxylic acids is 1. The molecule has 0 amide bonds. The number of hydrogen-bond donors (Lipinski definition) is 0. The molecule has 100 valence electrons. The molecule has 0 aliphatic carbocycles. The van der Waals surface area contributed by atoms with Crippen molar-refractivity contribution in [3.05, 3.63) is 71.3 Å². The second-order valence-electron chi connectivity index (χ2n) is 4.02. The van der Waals surface area contributed by atoms with Gasteiger partial charge in [0.05, 0.1) is 5.56 Å². The van der Waals surface area contributed by atoms with Crippen LogP contribution in [0.4, 0.5) is 13.2 Å². The van der Waals surface area contributed by atoms with Crippen molar-refractivity contribution in [2.75, 3.05) is 0 Å². The first-order valence-corrected chi connectivity index (χ1v) is 5.75. The van der Waals surface area contributed by atoms with Crippen LogP contribution < -0.4 is 0 Å². The second kappa shape index (κ2) is 5.62. The predicted molar refractivity (Wildman–Crippen MR) is 69.1 cm³/mol. The van der Waals surface area contributed by atoms with Crippen LogP contribution in [0.5, 0.6) is 0 Å². The summed E-state index contributed by atoms with van der Waals surface area (Å²) >= 11 is 0. The summed E-state index contributed by atoms with van der Waals surface area (Å²) in [6, 6.07) is 12.8. The van der Waals surface area contributed by atoms with E-state index in [4.69, 9.17) is 0 Å². The summed E-state index contributed by atoms with van der Waals surface area (Å²) in [5.74, 6) is 4.59. The summed E-state index contributed by atoms with van der Waals surface area (Å²) in [7, 11) is 0. The van der Waals surface area contributed by atoms with Gasteiger partial charge in [-0.25, -0.2) is 0 Å². The summed E-state index contributed by atoms with van der Waals surface area (Å²) in [5.41, 5.74) is 0.0756. The monoisotopic (exact) mass is 274 g/mol. The Kier molecular flexibility index (Phi) is 3.90. The number of carbonyl (C=O) groups is 1. The zero-order valence-electron chi connectivity index (χ0n) is 10.2. The van der Waals surface area contributed by atoms with Crippen LogP contribution in [0.25, 0.3) is 0 Å². The third-order valence-corrected chi connectivity index (χ3v) is 2.57. The third kappa shape index (κ3) is 3.48. The number of ketones is 1. The van der Waals surface area contributed by atoms with E-state index in [9.17, 15) is 18.0 Å². The standard InChI is InChI=1S/C16H9F3O/c17-16(18,19)14-9-6-12(7-10-14)8-11-15(20)13-4-2-1-3-5-13/h1-7,9-10H. The van der Waals surface area contributed by atoms with Crippen LogP contribution in [0.2, 0.25) is 0 Å². The maximum Gasteiger partial charge on any atom is 0.416 e. The van der Waals surface area contributed by atoms with Crippen LogP contribution in [0.1, 0.15) is 21.5 Å². The van der Waals surface area contributed by atoms with E-state index in [1.807, 2.05) is 0 Å². The van der Waals surface area contributed by atoms with E-state index in [2.05, 4.69) is 11.8 Å². The minimum Gasteiger partial charge on any atom is -0.279 e. The Balaban J connectivity index is 2.16. The third-order valence-electron chi connectivity index (χ3n) is 2.57. The Bertz CT molecular complexity index is 659. The number of Topliss-reactive ketones (excluding diaryl/α,β-unsaturated/α-hetero) is 1. The van der Waals surface area contributed by atoms with Crippen LogP contribution in [0, 0.1) is 11.8 Å². The Morgan fingerprint density at radius 2 is 1.50 bits per heavy atom. The molecule has 0 aliphatic rings. The lowest BCUT2D eigenvalue weighted by Gasteiger charge is -2.05. The Hall–Kier alpha value is -2.54. The molecule has 0 atom stereocenters. The molecule has 0 saturated heterocycles. The quantitative estimate of drug-likeness (QED) is 0.568. The van der Waals surface area contributed by atoms with Crippen molar-refractivity contribution in [3.63, 3.8) is 0 Å². The molecule has 0 radical (unpaired) electrons. The lowest BCUT2D eigenvalue weighted by molar-refractivity contribution is -0.137. The van der Waals surface area contributed by atoms with Gasteiger partial charge in [-0.05, 0) is 30.2 Å². The normalized spacial score (nSPS) is 10.6. The average molecular weight is 274 g/mol. The fourth-order valence-electron chi connectivity index (χ4n) is 1.53. The molecule has 2 aromatic rings. The van der Waals surface area contributed by atoms with E-state index in [1.54, 1.807) is 30.3 Å². The zero-order valence-corrected chi connectivity index (χ0v) is 10.2. The Morgan fingerprint density at radius 3 is 2.05 bits per heavy atom. The van der Waals surface area contributed by atoms with Crippen LogP contribution in [-0.4, -0.2) is 5.78 Å². The number of alkyl halides is 3. The maximum absolute atomic E-state index is 12.4. The van der Waals surface area contributed by atoms with Crippen LogP contribution in [-0.2, 0) is 6.18 Å². The van der Waals surface area contributed by atoms with Gasteiger partial charge in [0, 0.05) is 11.1 Å². The average Bonchev–Trinajstić information content (AvgIpc) is 2.45. The van der Waals surface area contributed by atoms with Crippen molar-refractivity contribution in [1.29, 1.82) is 0 Å². The van der Waals surface area contributed by atoms with E-state index in [0.717, 1.165) is 12.1 Å². The highest BCUT2D eigenvalue weighted by Gasteiger charge is 2.29. The molecule has 20 heavy (non-hydrogen) atoms. The first-order valence-electron chi connectivity index (χ1n) is 5.75. The van der Waals surface area contributed by atoms with Gasteiger partial charge in [0.2, 0.25) is 5.78 Å². The van der Waals surface area contributed by atoms with Gasteiger partial charge in [-0.2, -0.15) is 13.2 Å². The van der Waals surface area contributed by atoms with Gasteiger partial charge < -0.3 is 0 Å². The maximum atomic E-state index is 12.4. The Morgan fingerprint density at radius 1 is 0.900 bits per heavy atom. The zero-order chi connectivity index (χ0) is 14.6. The van der Waals surface area contributed by atoms with Crippen molar-refractivity contribution >= 4 is 5.78 Å². The molecule has 2 rings (SSSR count). The highest BCUT2D eigenvalue weighted by molar-refractivity contribution is 6.09. The van der Waals surface area contributed by atoms with Crippen LogP contribution in [0.3, 0.4) is 0 Å². The van der Waals surface area contributed by atoms with Crippen LogP contribution in [0.15, 0.2) is 54.6 Å². The number of halogens is 3. The minimum absolute atomic E-state index is 0.363. The first-order chi connectivity index (χ1) is 9.47. The van der Waals surface area contributed by atoms with Crippen molar-refractivity contribution in [2.24, 2.45) is 0 Å². The molecule has 0 bridgehead atoms. The van der Waals surface area contributed by atoms with Crippen LogP contribution >= 0.6 is 0 Å². The molecule has 0 N–H and O–H groups in total. The molecular weight excluding hydrogens is 265 g/mol. The topological polar surface area (TPSA) is 17.1 Å². The molecule has 0 heterocycles. The lowest BCUT2D eigenvalue weighted by atomic mass is 10.1. The van der Waals surface area contributed by atoms with E-state index >= 15 is 0 Å². The highest BCUT2D eigenvalue weighted by Crippen LogP contribution is 2.28. The molecule has 0 saturated carbocycles. The van der Waals surface area contributed by atoms with E-state index in [1.165, 1.54) is 12.1 Å². The number of rotatable bonds is 1. The van der Waals surface area contributed by atoms with E-state index < -0.39 is 11.7 Å². The summed E-state index contributed by atoms with van der Waals surface area (Å²) < 4.78 is 37.1. The largest absolute Gasteiger partial charge is 0.416 e. The molecule has 0 fully saturated rings. The smallest absolute Gasteiger partial charge is 0.279 e. The van der Waals surface area contributed by atoms with E-state index in [0.29, 0.717) is 11.1 Å². The van der Waals surface area contributed by atoms with Gasteiger partial charge in [-0.3, -0.25) is 4.79 Å². The number of benzene rings is 2. The van der Waals surface area contributed by atoms with Crippen molar-refractivity contribution in [2.45, 2.75) is 6.18 Å². The molecule has 1 nitrogen and oxygen atoms in total. The fourth-order valence-corrected chi connectivity index (χ4v) is 1.53. The van der Waals surface area contributed by atoms with Crippen molar-refractivity contribution in [3.8, 4) is 11.8 Å². The summed E-state index contributed by atoms with van der Waals surface area (Å²) in [4.78, 5) is 11.7. The Labute approximate surface area is 114 Å².